The first-order chi connectivity index (χ1) is 9.58. The highest BCUT2D eigenvalue weighted by atomic mass is 35.5. The van der Waals surface area contributed by atoms with Gasteiger partial charge in [0, 0.05) is 13.1 Å². The smallest absolute Gasteiger partial charge is 0.226 e. The van der Waals surface area contributed by atoms with Gasteiger partial charge in [0.15, 0.2) is 0 Å². The molecule has 2 unspecified atom stereocenters. The van der Waals surface area contributed by atoms with Crippen molar-refractivity contribution in [2.75, 3.05) is 19.7 Å². The van der Waals surface area contributed by atoms with Gasteiger partial charge in [-0.25, -0.2) is 0 Å². The summed E-state index contributed by atoms with van der Waals surface area (Å²) in [6.07, 6.45) is 0.685. The molecule has 110 valence electrons. The minimum atomic E-state index is -0.293. The molecule has 0 bridgehead atoms. The van der Waals surface area contributed by atoms with Crippen molar-refractivity contribution < 1.29 is 14.6 Å². The third-order valence-electron chi connectivity index (χ3n) is 3.62. The number of para-hydroxylation sites is 1. The molecule has 0 spiro atoms. The van der Waals surface area contributed by atoms with Crippen LogP contribution in [0.25, 0.3) is 0 Å². The molecule has 1 aromatic carbocycles. The van der Waals surface area contributed by atoms with Crippen LogP contribution in [0.3, 0.4) is 0 Å². The Kier molecular flexibility index (Phi) is 5.26. The fourth-order valence-electron chi connectivity index (χ4n) is 2.33. The predicted octanol–water partition coefficient (Wildman–Crippen LogP) is 2.34. The van der Waals surface area contributed by atoms with Gasteiger partial charge in [0.1, 0.15) is 5.75 Å². The van der Waals surface area contributed by atoms with Crippen LogP contribution in [0.5, 0.6) is 5.75 Å². The van der Waals surface area contributed by atoms with Crippen LogP contribution in [0.2, 0.25) is 5.02 Å². The molecule has 1 N–H and O–H groups in total. The Morgan fingerprint density at radius 2 is 2.25 bits per heavy atom. The van der Waals surface area contributed by atoms with Crippen LogP contribution in [0.4, 0.5) is 0 Å². The average molecular weight is 298 g/mol. The zero-order valence-corrected chi connectivity index (χ0v) is 12.3. The van der Waals surface area contributed by atoms with Gasteiger partial charge in [-0.3, -0.25) is 4.79 Å². The fraction of sp³-hybridized carbons (Fsp3) is 0.533. The molecule has 1 aliphatic rings. The van der Waals surface area contributed by atoms with Crippen LogP contribution in [0, 0.1) is 5.92 Å². The zero-order chi connectivity index (χ0) is 14.5. The number of amides is 1. The molecule has 0 aliphatic carbocycles. The molecular weight excluding hydrogens is 278 g/mol. The number of halogens is 1. The number of aliphatic hydroxyl groups excluding tert-OH is 1. The van der Waals surface area contributed by atoms with Crippen molar-refractivity contribution in [3.8, 4) is 5.75 Å². The van der Waals surface area contributed by atoms with Gasteiger partial charge in [-0.2, -0.15) is 0 Å². The summed E-state index contributed by atoms with van der Waals surface area (Å²) >= 11 is 5.98. The van der Waals surface area contributed by atoms with E-state index in [1.165, 1.54) is 0 Å². The van der Waals surface area contributed by atoms with Crippen molar-refractivity contribution in [1.82, 2.24) is 4.90 Å². The largest absolute Gasteiger partial charge is 0.491 e. The second-order valence-electron chi connectivity index (χ2n) is 5.20. The Morgan fingerprint density at radius 3 is 2.95 bits per heavy atom. The highest BCUT2D eigenvalue weighted by Crippen LogP contribution is 2.23. The zero-order valence-electron chi connectivity index (χ0n) is 11.6. The molecule has 2 rings (SSSR count). The predicted molar refractivity (Wildman–Crippen MR) is 77.9 cm³/mol. The van der Waals surface area contributed by atoms with Gasteiger partial charge in [-0.15, -0.1) is 0 Å². The monoisotopic (exact) mass is 297 g/mol. The number of aliphatic hydroxyl groups is 1. The van der Waals surface area contributed by atoms with Crippen LogP contribution in [-0.2, 0) is 4.79 Å². The third kappa shape index (κ3) is 3.87. The molecule has 1 aliphatic heterocycles. The topological polar surface area (TPSA) is 49.8 Å². The van der Waals surface area contributed by atoms with Gasteiger partial charge in [-0.1, -0.05) is 30.7 Å². The molecule has 0 radical (unpaired) electrons. The lowest BCUT2D eigenvalue weighted by Crippen LogP contribution is -2.45. The van der Waals surface area contributed by atoms with Crippen molar-refractivity contribution >= 4 is 17.5 Å². The normalized spacial score (nSPS) is 22.6. The number of likely N-dealkylation sites (tertiary alicyclic amines) is 1. The van der Waals surface area contributed by atoms with E-state index >= 15 is 0 Å². The first kappa shape index (κ1) is 15.1. The molecule has 1 amide bonds. The van der Waals surface area contributed by atoms with E-state index in [4.69, 9.17) is 16.3 Å². The Labute approximate surface area is 124 Å². The number of benzene rings is 1. The number of carbonyl (C=O) groups excluding carboxylic acids is 1. The highest BCUT2D eigenvalue weighted by Gasteiger charge is 2.26. The van der Waals surface area contributed by atoms with Gasteiger partial charge < -0.3 is 14.7 Å². The standard InChI is InChI=1S/C15H20ClNO3/c1-11-10-17(8-6-13(11)18)15(19)7-9-20-14-5-3-2-4-12(14)16/h2-5,11,13,18H,6-10H2,1H3. The summed E-state index contributed by atoms with van der Waals surface area (Å²) in [5.74, 6) is 0.803. The summed E-state index contributed by atoms with van der Waals surface area (Å²) in [4.78, 5) is 13.9. The van der Waals surface area contributed by atoms with E-state index in [1.54, 1.807) is 17.0 Å². The molecular formula is C15H20ClNO3. The molecule has 0 saturated carbocycles. The summed E-state index contributed by atoms with van der Waals surface area (Å²) < 4.78 is 5.52. The van der Waals surface area contributed by atoms with E-state index in [9.17, 15) is 9.90 Å². The highest BCUT2D eigenvalue weighted by molar-refractivity contribution is 6.32. The molecule has 0 aromatic heterocycles. The molecule has 1 heterocycles. The molecule has 2 atom stereocenters. The maximum absolute atomic E-state index is 12.1. The van der Waals surface area contributed by atoms with Gasteiger partial charge in [0.25, 0.3) is 0 Å². The Hall–Kier alpha value is -1.26. The van der Waals surface area contributed by atoms with Crippen molar-refractivity contribution in [2.24, 2.45) is 5.92 Å². The Bertz CT molecular complexity index is 466. The molecule has 4 nitrogen and oxygen atoms in total. The molecule has 1 aromatic rings. The molecule has 5 heteroatoms. The minimum absolute atomic E-state index is 0.0656. The Balaban J connectivity index is 1.77. The van der Waals surface area contributed by atoms with Crippen LogP contribution in [0.1, 0.15) is 19.8 Å². The van der Waals surface area contributed by atoms with Crippen molar-refractivity contribution in [2.45, 2.75) is 25.9 Å². The maximum atomic E-state index is 12.1. The first-order valence-electron chi connectivity index (χ1n) is 6.91. The number of carbonyl (C=O) groups is 1. The first-order valence-corrected chi connectivity index (χ1v) is 7.29. The number of piperidine rings is 1. The van der Waals surface area contributed by atoms with Crippen LogP contribution in [0.15, 0.2) is 24.3 Å². The van der Waals surface area contributed by atoms with Crippen molar-refractivity contribution in [3.63, 3.8) is 0 Å². The summed E-state index contributed by atoms with van der Waals surface area (Å²) in [5, 5.41) is 10.2. The number of nitrogens with zero attached hydrogens (tertiary/aromatic N) is 1. The second kappa shape index (κ2) is 6.95. The lowest BCUT2D eigenvalue weighted by molar-refractivity contribution is -0.135. The van der Waals surface area contributed by atoms with Gasteiger partial charge in [-0.05, 0) is 24.5 Å². The second-order valence-corrected chi connectivity index (χ2v) is 5.61. The SMILES string of the molecule is CC1CN(C(=O)CCOc2ccccc2Cl)CCC1O. The van der Waals surface area contributed by atoms with Crippen molar-refractivity contribution in [1.29, 1.82) is 0 Å². The van der Waals surface area contributed by atoms with E-state index in [0.717, 1.165) is 0 Å². The van der Waals surface area contributed by atoms with Gasteiger partial charge >= 0.3 is 0 Å². The average Bonchev–Trinajstić information content (AvgIpc) is 2.44. The molecule has 1 saturated heterocycles. The van der Waals surface area contributed by atoms with E-state index in [2.05, 4.69) is 0 Å². The van der Waals surface area contributed by atoms with E-state index in [-0.39, 0.29) is 17.9 Å². The summed E-state index contributed by atoms with van der Waals surface area (Å²) in [6.45, 7) is 3.52. The maximum Gasteiger partial charge on any atom is 0.226 e. The van der Waals surface area contributed by atoms with E-state index < -0.39 is 0 Å². The quantitative estimate of drug-likeness (QED) is 0.928. The molecule has 20 heavy (non-hydrogen) atoms. The van der Waals surface area contributed by atoms with Crippen molar-refractivity contribution in [3.05, 3.63) is 29.3 Å². The van der Waals surface area contributed by atoms with E-state index in [1.807, 2.05) is 19.1 Å². The van der Waals surface area contributed by atoms with E-state index in [0.29, 0.717) is 43.3 Å². The number of rotatable bonds is 4. The Morgan fingerprint density at radius 1 is 1.50 bits per heavy atom. The van der Waals surface area contributed by atoms with Gasteiger partial charge in [0.2, 0.25) is 5.91 Å². The summed E-state index contributed by atoms with van der Waals surface area (Å²) in [7, 11) is 0. The van der Waals surface area contributed by atoms with Crippen LogP contribution >= 0.6 is 11.6 Å². The van der Waals surface area contributed by atoms with Gasteiger partial charge in [0.05, 0.1) is 24.2 Å². The number of hydrogen-bond acceptors (Lipinski definition) is 3. The summed E-state index contributed by atoms with van der Waals surface area (Å²) in [5.41, 5.74) is 0. The third-order valence-corrected chi connectivity index (χ3v) is 3.94. The fourth-order valence-corrected chi connectivity index (χ4v) is 2.52. The number of hydrogen-bond donors (Lipinski definition) is 1. The number of ether oxygens (including phenoxy) is 1. The minimum Gasteiger partial charge on any atom is -0.491 e. The summed E-state index contributed by atoms with van der Waals surface area (Å²) in [6, 6.07) is 7.22. The lowest BCUT2D eigenvalue weighted by atomic mass is 9.96. The van der Waals surface area contributed by atoms with Crippen LogP contribution < -0.4 is 4.74 Å². The molecule has 1 fully saturated rings. The lowest BCUT2D eigenvalue weighted by Gasteiger charge is -2.34. The van der Waals surface area contributed by atoms with Crippen LogP contribution in [-0.4, -0.2) is 41.7 Å².